The summed E-state index contributed by atoms with van der Waals surface area (Å²) in [5.74, 6) is 0.113. The van der Waals surface area contributed by atoms with E-state index in [1.165, 1.54) is 32.1 Å². The van der Waals surface area contributed by atoms with E-state index in [0.29, 0.717) is 12.1 Å². The lowest BCUT2D eigenvalue weighted by Crippen LogP contribution is -2.03. The molecule has 0 aliphatic rings. The van der Waals surface area contributed by atoms with Gasteiger partial charge in [-0.1, -0.05) is 57.6 Å². The highest BCUT2D eigenvalue weighted by Crippen LogP contribution is 2.12. The van der Waals surface area contributed by atoms with E-state index in [1.807, 2.05) is 24.3 Å². The van der Waals surface area contributed by atoms with E-state index >= 15 is 0 Å². The lowest BCUT2D eigenvalue weighted by Gasteiger charge is -2.03. The third kappa shape index (κ3) is 4.92. The van der Waals surface area contributed by atoms with Crippen LogP contribution in [0.3, 0.4) is 0 Å². The second-order valence-electron chi connectivity index (χ2n) is 5.54. The first-order valence-corrected chi connectivity index (χ1v) is 8.06. The number of aromatic nitrogens is 2. The predicted octanol–water partition coefficient (Wildman–Crippen LogP) is 4.95. The highest BCUT2D eigenvalue weighted by atomic mass is 16.1. The number of benzene rings is 1. The summed E-state index contributed by atoms with van der Waals surface area (Å²) < 4.78 is 0. The Morgan fingerprint density at radius 3 is 2.38 bits per heavy atom. The van der Waals surface area contributed by atoms with Crippen molar-refractivity contribution in [1.82, 2.24) is 9.97 Å². The van der Waals surface area contributed by atoms with Crippen molar-refractivity contribution in [3.05, 3.63) is 36.2 Å². The SMILES string of the molecule is CCCCCCCCCC(=O)c1cnc2ccccc2n1. The molecule has 1 aromatic heterocycles. The third-order valence-electron chi connectivity index (χ3n) is 3.74. The van der Waals surface area contributed by atoms with Gasteiger partial charge in [0.15, 0.2) is 5.78 Å². The first kappa shape index (κ1) is 15.6. The number of ketones is 1. The summed E-state index contributed by atoms with van der Waals surface area (Å²) >= 11 is 0. The van der Waals surface area contributed by atoms with Gasteiger partial charge in [0.05, 0.1) is 17.2 Å². The monoisotopic (exact) mass is 284 g/mol. The summed E-state index contributed by atoms with van der Waals surface area (Å²) in [5, 5.41) is 0. The van der Waals surface area contributed by atoms with Crippen molar-refractivity contribution in [3.63, 3.8) is 0 Å². The molecular formula is C18H24N2O. The van der Waals surface area contributed by atoms with E-state index in [-0.39, 0.29) is 5.78 Å². The Bertz CT molecular complexity index is 580. The zero-order valence-electron chi connectivity index (χ0n) is 12.8. The molecular weight excluding hydrogens is 260 g/mol. The van der Waals surface area contributed by atoms with Gasteiger partial charge in [-0.05, 0) is 18.6 Å². The molecule has 2 aromatic rings. The maximum absolute atomic E-state index is 12.1. The Balaban J connectivity index is 1.77. The number of unbranched alkanes of at least 4 members (excludes halogenated alkanes) is 6. The number of carbonyl (C=O) groups excluding carboxylic acids is 1. The minimum atomic E-state index is 0.113. The topological polar surface area (TPSA) is 42.9 Å². The highest BCUT2D eigenvalue weighted by Gasteiger charge is 2.08. The summed E-state index contributed by atoms with van der Waals surface area (Å²) in [7, 11) is 0. The fourth-order valence-corrected chi connectivity index (χ4v) is 2.46. The first-order chi connectivity index (χ1) is 10.3. The third-order valence-corrected chi connectivity index (χ3v) is 3.74. The maximum Gasteiger partial charge on any atom is 0.182 e. The zero-order chi connectivity index (χ0) is 14.9. The Kier molecular flexibility index (Phi) is 6.32. The Morgan fingerprint density at radius 2 is 1.62 bits per heavy atom. The van der Waals surface area contributed by atoms with Crippen LogP contribution in [0.25, 0.3) is 11.0 Å². The summed E-state index contributed by atoms with van der Waals surface area (Å²) in [6.45, 7) is 2.23. The molecule has 0 saturated heterocycles. The second kappa shape index (κ2) is 8.50. The average molecular weight is 284 g/mol. The van der Waals surface area contributed by atoms with Crippen LogP contribution in [-0.2, 0) is 0 Å². The number of fused-ring (bicyclic) bond motifs is 1. The molecule has 21 heavy (non-hydrogen) atoms. The van der Waals surface area contributed by atoms with Crippen LogP contribution in [0.5, 0.6) is 0 Å². The largest absolute Gasteiger partial charge is 0.292 e. The molecule has 3 nitrogen and oxygen atoms in total. The predicted molar refractivity (Wildman–Crippen MR) is 86.5 cm³/mol. The number of Topliss-reactive ketones (excluding diaryl/α,β-unsaturated/α-hetero) is 1. The van der Waals surface area contributed by atoms with Crippen molar-refractivity contribution in [2.45, 2.75) is 58.3 Å². The lowest BCUT2D eigenvalue weighted by molar-refractivity contribution is 0.0974. The van der Waals surface area contributed by atoms with Crippen molar-refractivity contribution in [1.29, 1.82) is 0 Å². The van der Waals surface area contributed by atoms with Crippen LogP contribution in [-0.4, -0.2) is 15.8 Å². The summed E-state index contributed by atoms with van der Waals surface area (Å²) in [6, 6.07) is 7.65. The molecule has 0 spiro atoms. The number of hydrogen-bond acceptors (Lipinski definition) is 3. The first-order valence-electron chi connectivity index (χ1n) is 8.06. The molecule has 0 radical (unpaired) electrons. The molecule has 0 aliphatic carbocycles. The summed E-state index contributed by atoms with van der Waals surface area (Å²) in [5.41, 5.74) is 2.13. The highest BCUT2D eigenvalue weighted by molar-refractivity contribution is 5.95. The maximum atomic E-state index is 12.1. The van der Waals surface area contributed by atoms with Crippen LogP contribution in [0.15, 0.2) is 30.5 Å². The van der Waals surface area contributed by atoms with Gasteiger partial charge in [0.1, 0.15) is 5.69 Å². The zero-order valence-corrected chi connectivity index (χ0v) is 12.8. The van der Waals surface area contributed by atoms with Crippen molar-refractivity contribution < 1.29 is 4.79 Å². The van der Waals surface area contributed by atoms with Crippen molar-refractivity contribution in [3.8, 4) is 0 Å². The quantitative estimate of drug-likeness (QED) is 0.483. The molecule has 1 aromatic carbocycles. The smallest absolute Gasteiger partial charge is 0.182 e. The molecule has 112 valence electrons. The van der Waals surface area contributed by atoms with Crippen LogP contribution >= 0.6 is 0 Å². The molecule has 0 atom stereocenters. The molecule has 0 amide bonds. The molecule has 0 saturated carbocycles. The normalized spacial score (nSPS) is 10.9. The van der Waals surface area contributed by atoms with Gasteiger partial charge in [-0.2, -0.15) is 0 Å². The molecule has 0 fully saturated rings. The van der Waals surface area contributed by atoms with Gasteiger partial charge in [0, 0.05) is 6.42 Å². The van der Waals surface area contributed by atoms with Gasteiger partial charge in [0.2, 0.25) is 0 Å². The number of rotatable bonds is 9. The molecule has 0 N–H and O–H groups in total. The van der Waals surface area contributed by atoms with Gasteiger partial charge in [0.25, 0.3) is 0 Å². The molecule has 0 unspecified atom stereocenters. The van der Waals surface area contributed by atoms with Gasteiger partial charge in [-0.25, -0.2) is 4.98 Å². The molecule has 3 heteroatoms. The van der Waals surface area contributed by atoms with Gasteiger partial charge in [-0.3, -0.25) is 9.78 Å². The minimum absolute atomic E-state index is 0.113. The number of hydrogen-bond donors (Lipinski definition) is 0. The van der Waals surface area contributed by atoms with Gasteiger partial charge >= 0.3 is 0 Å². The fraction of sp³-hybridized carbons (Fsp3) is 0.500. The summed E-state index contributed by atoms with van der Waals surface area (Å²) in [4.78, 5) is 20.8. The van der Waals surface area contributed by atoms with Crippen molar-refractivity contribution >= 4 is 16.8 Å². The van der Waals surface area contributed by atoms with Gasteiger partial charge in [-0.15, -0.1) is 0 Å². The molecule has 2 rings (SSSR count). The fourth-order valence-electron chi connectivity index (χ4n) is 2.46. The standard InChI is InChI=1S/C18H24N2O/c1-2-3-4-5-6-7-8-13-18(21)17-14-19-15-11-9-10-12-16(15)20-17/h9-12,14H,2-8,13H2,1H3. The lowest BCUT2D eigenvalue weighted by atomic mass is 10.1. The average Bonchev–Trinajstić information content (AvgIpc) is 2.53. The molecule has 0 aliphatic heterocycles. The van der Waals surface area contributed by atoms with E-state index in [9.17, 15) is 4.79 Å². The second-order valence-corrected chi connectivity index (χ2v) is 5.54. The Hall–Kier alpha value is -1.77. The van der Waals surface area contributed by atoms with E-state index in [2.05, 4.69) is 16.9 Å². The van der Waals surface area contributed by atoms with E-state index < -0.39 is 0 Å². The minimum Gasteiger partial charge on any atom is -0.292 e. The van der Waals surface area contributed by atoms with Crippen LogP contribution in [0.1, 0.15) is 68.8 Å². The van der Waals surface area contributed by atoms with Gasteiger partial charge < -0.3 is 0 Å². The van der Waals surface area contributed by atoms with Crippen LogP contribution in [0.4, 0.5) is 0 Å². The van der Waals surface area contributed by atoms with Crippen LogP contribution in [0, 0.1) is 0 Å². The molecule has 0 bridgehead atoms. The van der Waals surface area contributed by atoms with E-state index in [0.717, 1.165) is 23.9 Å². The number of carbonyl (C=O) groups is 1. The Labute approximate surface area is 126 Å². The number of para-hydroxylation sites is 2. The van der Waals surface area contributed by atoms with Crippen LogP contribution < -0.4 is 0 Å². The van der Waals surface area contributed by atoms with E-state index in [1.54, 1.807) is 6.20 Å². The number of nitrogens with zero attached hydrogens (tertiary/aromatic N) is 2. The Morgan fingerprint density at radius 1 is 0.952 bits per heavy atom. The van der Waals surface area contributed by atoms with Crippen LogP contribution in [0.2, 0.25) is 0 Å². The van der Waals surface area contributed by atoms with Crippen molar-refractivity contribution in [2.24, 2.45) is 0 Å². The molecule has 1 heterocycles. The summed E-state index contributed by atoms with van der Waals surface area (Å²) in [6.07, 6.45) is 10.7. The van der Waals surface area contributed by atoms with Crippen molar-refractivity contribution in [2.75, 3.05) is 0 Å². The van der Waals surface area contributed by atoms with E-state index in [4.69, 9.17) is 0 Å².